The number of carbonyl (C=O) groups excluding carboxylic acids is 2. The van der Waals surface area contributed by atoms with Crippen molar-refractivity contribution < 1.29 is 14.3 Å². The van der Waals surface area contributed by atoms with Gasteiger partial charge in [-0.25, -0.2) is 0 Å². The zero-order valence-electron chi connectivity index (χ0n) is 15.4. The van der Waals surface area contributed by atoms with Crippen LogP contribution < -0.4 is 0 Å². The maximum absolute atomic E-state index is 11.6. The number of esters is 1. The van der Waals surface area contributed by atoms with Crippen LogP contribution in [0.4, 0.5) is 0 Å². The van der Waals surface area contributed by atoms with E-state index in [4.69, 9.17) is 4.74 Å². The van der Waals surface area contributed by atoms with Gasteiger partial charge in [0.25, 0.3) is 0 Å². The molecule has 0 rings (SSSR count). The van der Waals surface area contributed by atoms with Crippen LogP contribution in [0.15, 0.2) is 23.8 Å². The predicted octanol–water partition coefficient (Wildman–Crippen LogP) is 5.40. The van der Waals surface area contributed by atoms with Crippen molar-refractivity contribution in [3.63, 3.8) is 0 Å². The van der Waals surface area contributed by atoms with Crippen molar-refractivity contribution in [1.82, 2.24) is 0 Å². The molecule has 0 unspecified atom stereocenters. The molecule has 0 aromatic carbocycles. The first-order valence-corrected chi connectivity index (χ1v) is 8.95. The molecule has 3 nitrogen and oxygen atoms in total. The van der Waals surface area contributed by atoms with E-state index >= 15 is 0 Å². The lowest BCUT2D eigenvalue weighted by atomic mass is 10.1. The van der Waals surface area contributed by atoms with E-state index in [1.54, 1.807) is 0 Å². The fourth-order valence-electron chi connectivity index (χ4n) is 2.13. The molecule has 0 aromatic heterocycles. The number of hydrogen-bond donors (Lipinski definition) is 0. The minimum absolute atomic E-state index is 0.170. The first-order valence-electron chi connectivity index (χ1n) is 8.95. The lowest BCUT2D eigenvalue weighted by molar-refractivity contribution is -0.142. The zero-order chi connectivity index (χ0) is 17.5. The number of rotatable bonds is 13. The van der Waals surface area contributed by atoms with Gasteiger partial charge in [-0.15, -0.1) is 0 Å². The SMILES string of the molecule is CCCC(=O)CCCCC(=O)OC/C=C(\C)CC/C=C\C(C)C. The molecule has 0 atom stereocenters. The second-order valence-electron chi connectivity index (χ2n) is 6.44. The van der Waals surface area contributed by atoms with Crippen LogP contribution in [0.2, 0.25) is 0 Å². The summed E-state index contributed by atoms with van der Waals surface area (Å²) in [6.07, 6.45) is 12.5. The molecule has 0 amide bonds. The summed E-state index contributed by atoms with van der Waals surface area (Å²) in [6, 6.07) is 0. The fourth-order valence-corrected chi connectivity index (χ4v) is 2.13. The molecule has 0 saturated heterocycles. The molecular formula is C20H34O3. The van der Waals surface area contributed by atoms with Crippen LogP contribution >= 0.6 is 0 Å². The first-order chi connectivity index (χ1) is 11.0. The maximum atomic E-state index is 11.6. The summed E-state index contributed by atoms with van der Waals surface area (Å²) in [4.78, 5) is 22.9. The summed E-state index contributed by atoms with van der Waals surface area (Å²) in [5.41, 5.74) is 1.25. The number of unbranched alkanes of at least 4 members (excludes halogenated alkanes) is 1. The lowest BCUT2D eigenvalue weighted by Gasteiger charge is -2.04. The van der Waals surface area contributed by atoms with Gasteiger partial charge in [0.15, 0.2) is 0 Å². The molecule has 132 valence electrons. The average molecular weight is 322 g/mol. The molecule has 0 heterocycles. The Morgan fingerprint density at radius 2 is 1.74 bits per heavy atom. The second-order valence-corrected chi connectivity index (χ2v) is 6.44. The van der Waals surface area contributed by atoms with Gasteiger partial charge in [-0.1, -0.05) is 38.5 Å². The highest BCUT2D eigenvalue weighted by Crippen LogP contribution is 2.07. The smallest absolute Gasteiger partial charge is 0.306 e. The molecule has 0 spiro atoms. The van der Waals surface area contributed by atoms with Crippen LogP contribution in [0, 0.1) is 5.92 Å². The summed E-state index contributed by atoms with van der Waals surface area (Å²) in [5.74, 6) is 0.722. The Kier molecular flexibility index (Phi) is 13.4. The van der Waals surface area contributed by atoms with Crippen molar-refractivity contribution in [3.8, 4) is 0 Å². The molecular weight excluding hydrogens is 288 g/mol. The van der Waals surface area contributed by atoms with Gasteiger partial charge in [0.1, 0.15) is 12.4 Å². The molecule has 0 aliphatic heterocycles. The van der Waals surface area contributed by atoms with Gasteiger partial charge in [-0.3, -0.25) is 9.59 Å². The van der Waals surface area contributed by atoms with Crippen LogP contribution in [0.25, 0.3) is 0 Å². The molecule has 3 heteroatoms. The molecule has 0 fully saturated rings. The lowest BCUT2D eigenvalue weighted by Crippen LogP contribution is -2.05. The zero-order valence-corrected chi connectivity index (χ0v) is 15.4. The largest absolute Gasteiger partial charge is 0.461 e. The Balaban J connectivity index is 3.68. The van der Waals surface area contributed by atoms with Gasteiger partial charge in [-0.05, 0) is 51.0 Å². The van der Waals surface area contributed by atoms with Gasteiger partial charge in [0, 0.05) is 19.3 Å². The van der Waals surface area contributed by atoms with Crippen LogP contribution in [0.5, 0.6) is 0 Å². The van der Waals surface area contributed by atoms with Crippen LogP contribution in [0.3, 0.4) is 0 Å². The molecule has 0 radical (unpaired) electrons. The van der Waals surface area contributed by atoms with Gasteiger partial charge in [0.2, 0.25) is 0 Å². The Bertz CT molecular complexity index is 392. The summed E-state index contributed by atoms with van der Waals surface area (Å²) in [5, 5.41) is 0. The van der Waals surface area contributed by atoms with E-state index in [9.17, 15) is 9.59 Å². The van der Waals surface area contributed by atoms with Crippen LogP contribution in [0.1, 0.15) is 79.1 Å². The molecule has 0 saturated carbocycles. The van der Waals surface area contributed by atoms with Crippen molar-refractivity contribution in [2.45, 2.75) is 79.1 Å². The van der Waals surface area contributed by atoms with E-state index in [2.05, 4.69) is 32.9 Å². The number of hydrogen-bond acceptors (Lipinski definition) is 3. The number of ether oxygens (including phenoxy) is 1. The summed E-state index contributed by atoms with van der Waals surface area (Å²) < 4.78 is 5.19. The summed E-state index contributed by atoms with van der Waals surface area (Å²) in [7, 11) is 0. The van der Waals surface area contributed by atoms with Crippen molar-refractivity contribution >= 4 is 11.8 Å². The van der Waals surface area contributed by atoms with E-state index in [0.29, 0.717) is 37.6 Å². The highest BCUT2D eigenvalue weighted by Gasteiger charge is 2.04. The van der Waals surface area contributed by atoms with Crippen molar-refractivity contribution in [2.24, 2.45) is 5.92 Å². The third-order valence-electron chi connectivity index (χ3n) is 3.52. The topological polar surface area (TPSA) is 43.4 Å². The highest BCUT2D eigenvalue weighted by atomic mass is 16.5. The van der Waals surface area contributed by atoms with E-state index < -0.39 is 0 Å². The Labute approximate surface area is 142 Å². The molecule has 0 aromatic rings. The van der Waals surface area contributed by atoms with E-state index in [1.165, 1.54) is 5.57 Å². The molecule has 0 bridgehead atoms. The van der Waals surface area contributed by atoms with Crippen molar-refractivity contribution in [3.05, 3.63) is 23.8 Å². The predicted molar refractivity (Wildman–Crippen MR) is 96.3 cm³/mol. The number of carbonyl (C=O) groups is 2. The number of ketones is 1. The maximum Gasteiger partial charge on any atom is 0.306 e. The van der Waals surface area contributed by atoms with Crippen LogP contribution in [-0.2, 0) is 14.3 Å². The quantitative estimate of drug-likeness (QED) is 0.259. The standard InChI is InChI=1S/C20H34O3/c1-5-10-19(21)13-8-9-14-20(22)23-16-15-18(4)12-7-6-11-17(2)3/h6,11,15,17H,5,7-10,12-14,16H2,1-4H3/b11-6-,18-15+. The van der Waals surface area contributed by atoms with Gasteiger partial charge in [0.05, 0.1) is 0 Å². The van der Waals surface area contributed by atoms with Gasteiger partial charge >= 0.3 is 5.97 Å². The number of allylic oxidation sites excluding steroid dienone is 3. The molecule has 0 N–H and O–H groups in total. The number of Topliss-reactive ketones (excluding diaryl/α,β-unsaturated/α-hetero) is 1. The van der Waals surface area contributed by atoms with E-state index in [0.717, 1.165) is 32.1 Å². The first kappa shape index (κ1) is 21.6. The summed E-state index contributed by atoms with van der Waals surface area (Å²) >= 11 is 0. The third-order valence-corrected chi connectivity index (χ3v) is 3.52. The van der Waals surface area contributed by atoms with Crippen molar-refractivity contribution in [1.29, 1.82) is 0 Å². The normalized spacial score (nSPS) is 12.1. The fraction of sp³-hybridized carbons (Fsp3) is 0.700. The average Bonchev–Trinajstić information content (AvgIpc) is 2.48. The molecule has 23 heavy (non-hydrogen) atoms. The van der Waals surface area contributed by atoms with Crippen molar-refractivity contribution in [2.75, 3.05) is 6.61 Å². The Morgan fingerprint density at radius 3 is 2.39 bits per heavy atom. The van der Waals surface area contributed by atoms with E-state index in [-0.39, 0.29) is 5.97 Å². The monoisotopic (exact) mass is 322 g/mol. The Hall–Kier alpha value is -1.38. The van der Waals surface area contributed by atoms with Gasteiger partial charge in [-0.2, -0.15) is 0 Å². The van der Waals surface area contributed by atoms with Gasteiger partial charge < -0.3 is 4.74 Å². The second kappa shape index (κ2) is 14.2. The Morgan fingerprint density at radius 1 is 1.04 bits per heavy atom. The molecule has 0 aliphatic rings. The minimum atomic E-state index is -0.170. The van der Waals surface area contributed by atoms with Crippen LogP contribution in [-0.4, -0.2) is 18.4 Å². The third kappa shape index (κ3) is 15.3. The molecule has 0 aliphatic carbocycles. The highest BCUT2D eigenvalue weighted by molar-refractivity contribution is 5.78. The van der Waals surface area contributed by atoms with E-state index in [1.807, 2.05) is 13.0 Å². The summed E-state index contributed by atoms with van der Waals surface area (Å²) in [6.45, 7) is 8.76. The minimum Gasteiger partial charge on any atom is -0.461 e.